The Kier molecular flexibility index (Phi) is 5.58. The third-order valence-corrected chi connectivity index (χ3v) is 5.30. The summed E-state index contributed by atoms with van der Waals surface area (Å²) >= 11 is 7.02. The van der Waals surface area contributed by atoms with Crippen molar-refractivity contribution in [3.05, 3.63) is 59.2 Å². The van der Waals surface area contributed by atoms with Crippen LogP contribution in [0.1, 0.15) is 12.5 Å². The number of hydrogen-bond acceptors (Lipinski definition) is 8. The van der Waals surface area contributed by atoms with Crippen LogP contribution in [0.25, 0.3) is 22.2 Å². The number of carbonyl (C=O) groups is 1. The van der Waals surface area contributed by atoms with Crippen molar-refractivity contribution in [3.63, 3.8) is 0 Å². The summed E-state index contributed by atoms with van der Waals surface area (Å²) in [6.07, 6.45) is 0. The molecule has 0 saturated carbocycles. The molecular weight excluding hydrogens is 436 g/mol. The second kappa shape index (κ2) is 8.47. The number of nitrogens with one attached hydrogen (secondary N) is 1. The van der Waals surface area contributed by atoms with Crippen LogP contribution in [0.3, 0.4) is 0 Å². The molecule has 0 radical (unpaired) electrons. The lowest BCUT2D eigenvalue weighted by Crippen LogP contribution is -2.06. The Labute approximate surface area is 185 Å². The van der Waals surface area contributed by atoms with E-state index in [0.29, 0.717) is 27.3 Å². The molecule has 10 heteroatoms. The van der Waals surface area contributed by atoms with Gasteiger partial charge in [-0.1, -0.05) is 41.9 Å². The molecule has 0 aliphatic heterocycles. The number of pyridine rings is 1. The number of anilines is 1. The van der Waals surface area contributed by atoms with Crippen molar-refractivity contribution in [3.8, 4) is 22.9 Å². The smallest absolute Gasteiger partial charge is 0.221 e. The van der Waals surface area contributed by atoms with Crippen LogP contribution in [0.5, 0.6) is 5.75 Å². The van der Waals surface area contributed by atoms with E-state index in [4.69, 9.17) is 11.6 Å². The zero-order valence-corrected chi connectivity index (χ0v) is 17.6. The molecule has 2 heterocycles. The molecule has 0 bridgehead atoms. The minimum absolute atomic E-state index is 0.0684. The summed E-state index contributed by atoms with van der Waals surface area (Å²) in [5.41, 5.74) is 2.47. The topological polar surface area (TPSA) is 124 Å². The van der Waals surface area contributed by atoms with Crippen LogP contribution in [0.4, 0.5) is 16.4 Å². The fourth-order valence-corrected chi connectivity index (χ4v) is 3.71. The van der Waals surface area contributed by atoms with Gasteiger partial charge in [0.15, 0.2) is 10.6 Å². The number of halogens is 1. The van der Waals surface area contributed by atoms with Crippen molar-refractivity contribution in [1.82, 2.24) is 9.36 Å². The Morgan fingerprint density at radius 2 is 2.00 bits per heavy atom. The summed E-state index contributed by atoms with van der Waals surface area (Å²) in [4.78, 5) is 15.7. The molecule has 8 nitrogen and oxygen atoms in total. The highest BCUT2D eigenvalue weighted by Gasteiger charge is 2.14. The highest BCUT2D eigenvalue weighted by atomic mass is 35.5. The van der Waals surface area contributed by atoms with Crippen LogP contribution >= 0.6 is 23.1 Å². The molecule has 4 rings (SSSR count). The number of azo groups is 1. The first kappa shape index (κ1) is 20.4. The average Bonchev–Trinajstić information content (AvgIpc) is 3.15. The van der Waals surface area contributed by atoms with E-state index in [9.17, 15) is 15.2 Å². The second-order valence-electron chi connectivity index (χ2n) is 6.43. The number of benzene rings is 2. The van der Waals surface area contributed by atoms with Crippen LogP contribution in [0.15, 0.2) is 58.8 Å². The van der Waals surface area contributed by atoms with E-state index in [0.717, 1.165) is 17.1 Å². The van der Waals surface area contributed by atoms with Crippen molar-refractivity contribution in [2.45, 2.75) is 6.92 Å². The molecule has 4 aromatic rings. The zero-order valence-electron chi connectivity index (χ0n) is 16.0. The van der Waals surface area contributed by atoms with Crippen molar-refractivity contribution >= 4 is 56.4 Å². The maximum Gasteiger partial charge on any atom is 0.221 e. The number of phenolic OH excluding ortho intramolecular Hbond substituents is 1. The lowest BCUT2D eigenvalue weighted by atomic mass is 10.0. The number of carbonyl (C=O) groups excluding carboxylic acids is 1. The number of amides is 1. The van der Waals surface area contributed by atoms with Gasteiger partial charge in [-0.05, 0) is 35.3 Å². The van der Waals surface area contributed by atoms with E-state index in [-0.39, 0.29) is 28.1 Å². The Bertz CT molecular complexity index is 1380. The van der Waals surface area contributed by atoms with Gasteiger partial charge in [-0.3, -0.25) is 4.79 Å². The molecule has 0 atom stereocenters. The Hall–Kier alpha value is -3.87. The summed E-state index contributed by atoms with van der Waals surface area (Å²) in [6, 6.07) is 16.0. The maximum atomic E-state index is 11.6. The van der Waals surface area contributed by atoms with E-state index in [1.807, 2.05) is 36.4 Å². The highest BCUT2D eigenvalue weighted by Crippen LogP contribution is 2.40. The van der Waals surface area contributed by atoms with E-state index >= 15 is 0 Å². The first-order chi connectivity index (χ1) is 15.0. The summed E-state index contributed by atoms with van der Waals surface area (Å²) in [6.45, 7) is 1.35. The number of aromatic nitrogens is 2. The molecule has 2 aromatic heterocycles. The van der Waals surface area contributed by atoms with E-state index in [2.05, 4.69) is 24.9 Å². The van der Waals surface area contributed by atoms with Gasteiger partial charge >= 0.3 is 0 Å². The second-order valence-corrected chi connectivity index (χ2v) is 7.54. The summed E-state index contributed by atoms with van der Waals surface area (Å²) in [5, 5.41) is 32.0. The summed E-state index contributed by atoms with van der Waals surface area (Å²) in [7, 11) is 0. The molecule has 0 aliphatic carbocycles. The van der Waals surface area contributed by atoms with Gasteiger partial charge in [0, 0.05) is 12.5 Å². The molecule has 1 amide bonds. The molecule has 0 unspecified atom stereocenters. The van der Waals surface area contributed by atoms with Gasteiger partial charge in [0.2, 0.25) is 5.91 Å². The lowest BCUT2D eigenvalue weighted by Gasteiger charge is -2.11. The molecule has 0 saturated heterocycles. The fraction of sp³-hybridized carbons (Fsp3) is 0.0476. The number of nitrogens with zero attached hydrogens (tertiary/aromatic N) is 5. The molecule has 31 heavy (non-hydrogen) atoms. The number of rotatable bonds is 4. The Balaban J connectivity index is 1.79. The predicted octanol–water partition coefficient (Wildman–Crippen LogP) is 5.96. The number of nitriles is 1. The minimum atomic E-state index is -0.330. The largest absolute Gasteiger partial charge is 0.505 e. The Morgan fingerprint density at radius 3 is 2.71 bits per heavy atom. The molecule has 2 aromatic carbocycles. The van der Waals surface area contributed by atoms with Crippen molar-refractivity contribution in [1.29, 1.82) is 5.26 Å². The van der Waals surface area contributed by atoms with Crippen LogP contribution < -0.4 is 5.32 Å². The molecule has 0 spiro atoms. The average molecular weight is 449 g/mol. The fourth-order valence-electron chi connectivity index (χ4n) is 2.90. The third kappa shape index (κ3) is 4.21. The number of fused-ring (bicyclic) bond motifs is 1. The zero-order chi connectivity index (χ0) is 22.0. The van der Waals surface area contributed by atoms with Gasteiger partial charge in [-0.25, -0.2) is 4.98 Å². The normalized spacial score (nSPS) is 11.0. The highest BCUT2D eigenvalue weighted by molar-refractivity contribution is 7.11. The molecule has 2 N–H and O–H groups in total. The van der Waals surface area contributed by atoms with Gasteiger partial charge in [0.1, 0.15) is 17.0 Å². The van der Waals surface area contributed by atoms with Gasteiger partial charge in [-0.2, -0.15) is 9.64 Å². The summed E-state index contributed by atoms with van der Waals surface area (Å²) < 4.78 is 4.19. The van der Waals surface area contributed by atoms with Gasteiger partial charge < -0.3 is 10.4 Å². The first-order valence-corrected chi connectivity index (χ1v) is 10.1. The quantitative estimate of drug-likeness (QED) is 0.226. The van der Waals surface area contributed by atoms with Crippen molar-refractivity contribution < 1.29 is 9.90 Å². The van der Waals surface area contributed by atoms with Crippen LogP contribution in [-0.2, 0) is 4.79 Å². The third-order valence-electron chi connectivity index (χ3n) is 4.27. The SMILES string of the molecule is CC(=O)Nc1cc(N=Nc2snc3nc(Cl)c(C#N)cc23)cc(-c2ccccc2)c1O. The standard InChI is InChI=1S/C21H13ClN6O2S/c1-11(29)24-17-9-14(8-15(18(17)30)12-5-3-2-4-6-12)26-27-21-16-7-13(10-23)19(22)25-20(16)28-31-21/h2-9,30H,1H3,(H,24,29). The minimum Gasteiger partial charge on any atom is -0.505 e. The van der Waals surface area contributed by atoms with Crippen LogP contribution in [0, 0.1) is 11.3 Å². The maximum absolute atomic E-state index is 11.6. The predicted molar refractivity (Wildman–Crippen MR) is 119 cm³/mol. The molecule has 0 fully saturated rings. The van der Waals surface area contributed by atoms with Crippen LogP contribution in [-0.4, -0.2) is 20.4 Å². The van der Waals surface area contributed by atoms with E-state index in [1.54, 1.807) is 12.1 Å². The first-order valence-electron chi connectivity index (χ1n) is 8.94. The molecular formula is C21H13ClN6O2S. The Morgan fingerprint density at radius 1 is 1.23 bits per heavy atom. The molecule has 0 aliphatic rings. The number of hydrogen-bond donors (Lipinski definition) is 2. The van der Waals surface area contributed by atoms with E-state index < -0.39 is 0 Å². The summed E-state index contributed by atoms with van der Waals surface area (Å²) in [5.74, 6) is -0.398. The number of phenols is 1. The monoisotopic (exact) mass is 448 g/mol. The van der Waals surface area contributed by atoms with Gasteiger partial charge in [0.05, 0.1) is 22.3 Å². The van der Waals surface area contributed by atoms with Crippen molar-refractivity contribution in [2.24, 2.45) is 10.2 Å². The van der Waals surface area contributed by atoms with Gasteiger partial charge in [-0.15, -0.1) is 10.2 Å². The van der Waals surface area contributed by atoms with Crippen molar-refractivity contribution in [2.75, 3.05) is 5.32 Å². The number of aromatic hydroxyl groups is 1. The van der Waals surface area contributed by atoms with Crippen LogP contribution in [0.2, 0.25) is 5.15 Å². The van der Waals surface area contributed by atoms with Gasteiger partial charge in [0.25, 0.3) is 0 Å². The molecule has 152 valence electrons. The lowest BCUT2D eigenvalue weighted by molar-refractivity contribution is -0.114. The van der Waals surface area contributed by atoms with E-state index in [1.165, 1.54) is 13.0 Å².